The van der Waals surface area contributed by atoms with Crippen LogP contribution in [0.1, 0.15) is 10.4 Å². The molecule has 7 heteroatoms. The number of carboxylic acids is 1. The van der Waals surface area contributed by atoms with Crippen LogP contribution in [0.5, 0.6) is 11.6 Å². The lowest BCUT2D eigenvalue weighted by molar-refractivity contribution is 0.0694. The second-order valence-corrected chi connectivity index (χ2v) is 4.19. The fourth-order valence-electron chi connectivity index (χ4n) is 1.27. The van der Waals surface area contributed by atoms with E-state index in [4.69, 9.17) is 9.84 Å². The smallest absolute Gasteiger partial charge is 0.339 e. The number of carbonyl (C=O) groups is 1. The van der Waals surface area contributed by atoms with Crippen LogP contribution in [0.2, 0.25) is 0 Å². The van der Waals surface area contributed by atoms with Crippen molar-refractivity contribution in [2.24, 2.45) is 0 Å². The van der Waals surface area contributed by atoms with Crippen LogP contribution in [-0.4, -0.2) is 21.0 Å². The number of hydrogen-bond donors (Lipinski definition) is 2. The Morgan fingerprint density at radius 3 is 2.89 bits per heavy atom. The first-order chi connectivity index (χ1) is 8.58. The molecule has 0 saturated heterocycles. The molecule has 0 aliphatic carbocycles. The molecule has 1 aromatic heterocycles. The largest absolute Gasteiger partial charge is 0.478 e. The molecule has 92 valence electrons. The van der Waals surface area contributed by atoms with Crippen LogP contribution in [0, 0.1) is 0 Å². The fourth-order valence-corrected chi connectivity index (χ4v) is 1.61. The Labute approximate surface area is 109 Å². The molecule has 0 aliphatic heterocycles. The number of hydrogen-bond acceptors (Lipinski definition) is 4. The van der Waals surface area contributed by atoms with Crippen molar-refractivity contribution in [3.05, 3.63) is 51.0 Å². The van der Waals surface area contributed by atoms with Gasteiger partial charge in [-0.25, -0.2) is 9.78 Å². The van der Waals surface area contributed by atoms with Crippen molar-refractivity contribution in [1.29, 1.82) is 0 Å². The van der Waals surface area contributed by atoms with E-state index in [1.165, 1.54) is 24.5 Å². The van der Waals surface area contributed by atoms with Crippen LogP contribution in [0.3, 0.4) is 0 Å². The third-order valence-electron chi connectivity index (χ3n) is 2.06. The SMILES string of the molecule is O=C(O)c1ccc(Br)cc1Oc1ncc[nH]c1=O. The highest BCUT2D eigenvalue weighted by Crippen LogP contribution is 2.26. The van der Waals surface area contributed by atoms with Crippen molar-refractivity contribution in [3.8, 4) is 11.6 Å². The van der Waals surface area contributed by atoms with Gasteiger partial charge in [-0.2, -0.15) is 0 Å². The van der Waals surface area contributed by atoms with E-state index in [-0.39, 0.29) is 17.2 Å². The second kappa shape index (κ2) is 5.01. The van der Waals surface area contributed by atoms with Crippen LogP contribution in [0.4, 0.5) is 0 Å². The Hall–Kier alpha value is -2.15. The van der Waals surface area contributed by atoms with Crippen LogP contribution < -0.4 is 10.3 Å². The number of aromatic amines is 1. The molecule has 2 rings (SSSR count). The van der Waals surface area contributed by atoms with Gasteiger partial charge in [0.2, 0.25) is 0 Å². The van der Waals surface area contributed by atoms with Crippen LogP contribution in [-0.2, 0) is 0 Å². The summed E-state index contributed by atoms with van der Waals surface area (Å²) in [5.41, 5.74) is -0.586. The molecule has 0 unspecified atom stereocenters. The summed E-state index contributed by atoms with van der Waals surface area (Å²) in [6, 6.07) is 4.40. The number of nitrogens with zero attached hydrogens (tertiary/aromatic N) is 1. The molecule has 6 nitrogen and oxygen atoms in total. The lowest BCUT2D eigenvalue weighted by Gasteiger charge is -2.07. The van der Waals surface area contributed by atoms with Gasteiger partial charge < -0.3 is 14.8 Å². The van der Waals surface area contributed by atoms with Crippen molar-refractivity contribution < 1.29 is 14.6 Å². The van der Waals surface area contributed by atoms with Crippen LogP contribution in [0.15, 0.2) is 39.9 Å². The highest BCUT2D eigenvalue weighted by Gasteiger charge is 2.14. The van der Waals surface area contributed by atoms with Crippen molar-refractivity contribution >= 4 is 21.9 Å². The zero-order valence-electron chi connectivity index (χ0n) is 8.88. The summed E-state index contributed by atoms with van der Waals surface area (Å²) in [6.45, 7) is 0. The first kappa shape index (κ1) is 12.3. The Morgan fingerprint density at radius 2 is 2.22 bits per heavy atom. The summed E-state index contributed by atoms with van der Waals surface area (Å²) in [5, 5.41) is 9.00. The Morgan fingerprint density at radius 1 is 1.44 bits per heavy atom. The van der Waals surface area contributed by atoms with E-state index in [2.05, 4.69) is 25.9 Å². The molecule has 0 bridgehead atoms. The minimum atomic E-state index is -1.15. The summed E-state index contributed by atoms with van der Waals surface area (Å²) in [5.74, 6) is -1.32. The molecular weight excluding hydrogens is 304 g/mol. The maximum absolute atomic E-state index is 11.4. The topological polar surface area (TPSA) is 92.3 Å². The zero-order chi connectivity index (χ0) is 13.1. The van der Waals surface area contributed by atoms with Crippen molar-refractivity contribution in [2.45, 2.75) is 0 Å². The average Bonchev–Trinajstić information content (AvgIpc) is 2.32. The zero-order valence-corrected chi connectivity index (χ0v) is 10.5. The van der Waals surface area contributed by atoms with Gasteiger partial charge in [0.15, 0.2) is 0 Å². The van der Waals surface area contributed by atoms with Gasteiger partial charge in [-0.15, -0.1) is 0 Å². The standard InChI is InChI=1S/C11H7BrN2O4/c12-6-1-2-7(11(16)17)8(5-6)18-10-9(15)13-3-4-14-10/h1-5H,(H,13,15)(H,16,17). The highest BCUT2D eigenvalue weighted by molar-refractivity contribution is 9.10. The van der Waals surface area contributed by atoms with E-state index in [0.29, 0.717) is 4.47 Å². The van der Waals surface area contributed by atoms with Gasteiger partial charge in [0.25, 0.3) is 5.88 Å². The van der Waals surface area contributed by atoms with E-state index < -0.39 is 11.5 Å². The monoisotopic (exact) mass is 310 g/mol. The molecule has 0 aliphatic rings. The van der Waals surface area contributed by atoms with Gasteiger partial charge in [0, 0.05) is 16.9 Å². The number of carboxylic acid groups (broad SMARTS) is 1. The molecule has 0 saturated carbocycles. The molecule has 18 heavy (non-hydrogen) atoms. The molecular formula is C11H7BrN2O4. The average molecular weight is 311 g/mol. The predicted octanol–water partition coefficient (Wildman–Crippen LogP) is 2.02. The van der Waals surface area contributed by atoms with Crippen molar-refractivity contribution in [3.63, 3.8) is 0 Å². The number of H-pyrrole nitrogens is 1. The van der Waals surface area contributed by atoms with Gasteiger partial charge in [-0.05, 0) is 18.2 Å². The van der Waals surface area contributed by atoms with E-state index in [9.17, 15) is 9.59 Å². The van der Waals surface area contributed by atoms with Gasteiger partial charge in [0.1, 0.15) is 11.3 Å². The Bertz CT molecular complexity index is 653. The maximum Gasteiger partial charge on any atom is 0.339 e. The van der Waals surface area contributed by atoms with E-state index >= 15 is 0 Å². The van der Waals surface area contributed by atoms with Crippen molar-refractivity contribution in [2.75, 3.05) is 0 Å². The number of benzene rings is 1. The minimum absolute atomic E-state index is 0.0427. The molecule has 1 heterocycles. The number of halogens is 1. The Kier molecular flexibility index (Phi) is 3.42. The van der Waals surface area contributed by atoms with Crippen molar-refractivity contribution in [1.82, 2.24) is 9.97 Å². The highest BCUT2D eigenvalue weighted by atomic mass is 79.9. The number of nitrogens with one attached hydrogen (secondary N) is 1. The second-order valence-electron chi connectivity index (χ2n) is 3.27. The number of rotatable bonds is 3. The maximum atomic E-state index is 11.4. The quantitative estimate of drug-likeness (QED) is 0.904. The lowest BCUT2D eigenvalue weighted by Crippen LogP contribution is -2.10. The molecule has 0 atom stereocenters. The third kappa shape index (κ3) is 2.57. The minimum Gasteiger partial charge on any atom is -0.478 e. The van der Waals surface area contributed by atoms with E-state index in [1.807, 2.05) is 0 Å². The summed E-state index contributed by atoms with van der Waals surface area (Å²) in [6.07, 6.45) is 2.70. The number of ether oxygens (including phenoxy) is 1. The molecule has 0 radical (unpaired) electrons. The lowest BCUT2D eigenvalue weighted by atomic mass is 10.2. The predicted molar refractivity (Wildman–Crippen MR) is 66.0 cm³/mol. The molecule has 0 fully saturated rings. The molecule has 1 aromatic carbocycles. The fraction of sp³-hybridized carbons (Fsp3) is 0. The van der Waals surface area contributed by atoms with Gasteiger partial charge in [0.05, 0.1) is 0 Å². The van der Waals surface area contributed by atoms with Gasteiger partial charge >= 0.3 is 11.5 Å². The molecule has 2 aromatic rings. The first-order valence-electron chi connectivity index (χ1n) is 4.82. The summed E-state index contributed by atoms with van der Waals surface area (Å²) < 4.78 is 5.85. The molecule has 0 spiro atoms. The van der Waals surface area contributed by atoms with Crippen LogP contribution >= 0.6 is 15.9 Å². The summed E-state index contributed by atoms with van der Waals surface area (Å²) in [4.78, 5) is 28.5. The van der Waals surface area contributed by atoms with Gasteiger partial charge in [-0.3, -0.25) is 4.79 Å². The summed E-state index contributed by atoms with van der Waals surface area (Å²) in [7, 11) is 0. The normalized spacial score (nSPS) is 10.1. The first-order valence-corrected chi connectivity index (χ1v) is 5.61. The molecule has 0 amide bonds. The summed E-state index contributed by atoms with van der Waals surface area (Å²) >= 11 is 3.20. The molecule has 2 N–H and O–H groups in total. The van der Waals surface area contributed by atoms with Gasteiger partial charge in [-0.1, -0.05) is 15.9 Å². The third-order valence-corrected chi connectivity index (χ3v) is 2.55. The van der Waals surface area contributed by atoms with E-state index in [0.717, 1.165) is 0 Å². The number of aromatic nitrogens is 2. The van der Waals surface area contributed by atoms with Crippen LogP contribution in [0.25, 0.3) is 0 Å². The van der Waals surface area contributed by atoms with E-state index in [1.54, 1.807) is 6.07 Å². The number of aromatic carboxylic acids is 1. The Balaban J connectivity index is 2.46.